The number of aliphatic hydroxyl groups excluding tert-OH is 1. The number of hydrogen-bond acceptors (Lipinski definition) is 2. The number of benzene rings is 1. The fourth-order valence-corrected chi connectivity index (χ4v) is 3.36. The SMILES string of the molecule is OC(Cc1ccc(Br)cc1)C1CC2CCC1O2. The molecule has 0 radical (unpaired) electrons. The summed E-state index contributed by atoms with van der Waals surface area (Å²) in [5.74, 6) is 0.345. The molecule has 0 saturated carbocycles. The molecular formula is C14H17BrO2. The van der Waals surface area contributed by atoms with Crippen LogP contribution >= 0.6 is 15.9 Å². The van der Waals surface area contributed by atoms with Gasteiger partial charge >= 0.3 is 0 Å². The fraction of sp³-hybridized carbons (Fsp3) is 0.571. The molecule has 2 aliphatic rings. The van der Waals surface area contributed by atoms with Gasteiger partial charge in [-0.25, -0.2) is 0 Å². The van der Waals surface area contributed by atoms with Crippen LogP contribution < -0.4 is 0 Å². The van der Waals surface area contributed by atoms with Gasteiger partial charge in [0.1, 0.15) is 0 Å². The first kappa shape index (κ1) is 11.7. The van der Waals surface area contributed by atoms with Gasteiger partial charge in [-0.3, -0.25) is 0 Å². The molecule has 2 bridgehead atoms. The van der Waals surface area contributed by atoms with E-state index in [0.29, 0.717) is 18.1 Å². The van der Waals surface area contributed by atoms with Crippen molar-refractivity contribution in [1.29, 1.82) is 0 Å². The summed E-state index contributed by atoms with van der Waals surface area (Å²) < 4.78 is 6.88. The van der Waals surface area contributed by atoms with Crippen LogP contribution in [-0.4, -0.2) is 23.4 Å². The Kier molecular flexibility index (Phi) is 3.24. The van der Waals surface area contributed by atoms with Gasteiger partial charge in [0.25, 0.3) is 0 Å². The average molecular weight is 297 g/mol. The highest BCUT2D eigenvalue weighted by atomic mass is 79.9. The van der Waals surface area contributed by atoms with Crippen LogP contribution in [0.5, 0.6) is 0 Å². The van der Waals surface area contributed by atoms with Crippen molar-refractivity contribution in [2.24, 2.45) is 5.92 Å². The Morgan fingerprint density at radius 3 is 2.65 bits per heavy atom. The molecule has 3 rings (SSSR count). The van der Waals surface area contributed by atoms with Gasteiger partial charge < -0.3 is 9.84 Å². The van der Waals surface area contributed by atoms with Gasteiger partial charge in [0.2, 0.25) is 0 Å². The van der Waals surface area contributed by atoms with E-state index >= 15 is 0 Å². The number of rotatable bonds is 3. The molecule has 4 atom stereocenters. The van der Waals surface area contributed by atoms with Crippen molar-refractivity contribution >= 4 is 15.9 Å². The molecular weight excluding hydrogens is 280 g/mol. The third kappa shape index (κ3) is 2.42. The second-order valence-electron chi connectivity index (χ2n) is 5.17. The number of ether oxygens (including phenoxy) is 1. The molecule has 3 heteroatoms. The second kappa shape index (κ2) is 4.71. The third-order valence-corrected chi connectivity index (χ3v) is 4.53. The largest absolute Gasteiger partial charge is 0.392 e. The maximum absolute atomic E-state index is 10.3. The lowest BCUT2D eigenvalue weighted by atomic mass is 9.83. The highest BCUT2D eigenvalue weighted by molar-refractivity contribution is 9.10. The summed E-state index contributed by atoms with van der Waals surface area (Å²) in [4.78, 5) is 0. The molecule has 0 spiro atoms. The monoisotopic (exact) mass is 296 g/mol. The lowest BCUT2D eigenvalue weighted by Gasteiger charge is -2.24. The zero-order valence-corrected chi connectivity index (χ0v) is 11.3. The second-order valence-corrected chi connectivity index (χ2v) is 6.09. The lowest BCUT2D eigenvalue weighted by Crippen LogP contribution is -2.30. The van der Waals surface area contributed by atoms with E-state index in [0.717, 1.165) is 23.7 Å². The highest BCUT2D eigenvalue weighted by Crippen LogP contribution is 2.40. The summed E-state index contributed by atoms with van der Waals surface area (Å²) in [7, 11) is 0. The Hall–Kier alpha value is -0.380. The zero-order chi connectivity index (χ0) is 11.8. The molecule has 17 heavy (non-hydrogen) atoms. The van der Waals surface area contributed by atoms with Gasteiger partial charge in [0.05, 0.1) is 18.3 Å². The van der Waals surface area contributed by atoms with Gasteiger partial charge in [0.15, 0.2) is 0 Å². The highest BCUT2D eigenvalue weighted by Gasteiger charge is 2.43. The Balaban J connectivity index is 1.63. The van der Waals surface area contributed by atoms with Gasteiger partial charge in [-0.15, -0.1) is 0 Å². The molecule has 4 unspecified atom stereocenters. The molecule has 1 N–H and O–H groups in total. The van der Waals surface area contributed by atoms with Crippen LogP contribution in [0.1, 0.15) is 24.8 Å². The molecule has 0 aliphatic carbocycles. The number of halogens is 1. The zero-order valence-electron chi connectivity index (χ0n) is 9.68. The van der Waals surface area contributed by atoms with Crippen molar-refractivity contribution in [2.45, 2.75) is 44.0 Å². The number of aliphatic hydroxyl groups is 1. The van der Waals surface area contributed by atoms with Crippen LogP contribution in [-0.2, 0) is 11.2 Å². The van der Waals surface area contributed by atoms with Crippen LogP contribution in [0.2, 0.25) is 0 Å². The summed E-state index contributed by atoms with van der Waals surface area (Å²) >= 11 is 3.42. The van der Waals surface area contributed by atoms with E-state index in [2.05, 4.69) is 28.1 Å². The minimum absolute atomic E-state index is 0.258. The van der Waals surface area contributed by atoms with E-state index in [1.54, 1.807) is 0 Å². The smallest absolute Gasteiger partial charge is 0.0634 e. The van der Waals surface area contributed by atoms with Crippen molar-refractivity contribution < 1.29 is 9.84 Å². The van der Waals surface area contributed by atoms with E-state index in [9.17, 15) is 5.11 Å². The maximum Gasteiger partial charge on any atom is 0.0634 e. The predicted octanol–water partition coefficient (Wildman–Crippen LogP) is 2.92. The normalized spacial score (nSPS) is 32.9. The molecule has 2 aliphatic heterocycles. The topological polar surface area (TPSA) is 29.5 Å². The Morgan fingerprint density at radius 2 is 2.06 bits per heavy atom. The van der Waals surface area contributed by atoms with Crippen molar-refractivity contribution in [3.05, 3.63) is 34.3 Å². The Morgan fingerprint density at radius 1 is 1.29 bits per heavy atom. The van der Waals surface area contributed by atoms with Gasteiger partial charge in [0, 0.05) is 10.4 Å². The van der Waals surface area contributed by atoms with Crippen LogP contribution in [0.15, 0.2) is 28.7 Å². The molecule has 1 aromatic rings. The Bertz CT molecular complexity index is 390. The van der Waals surface area contributed by atoms with Crippen molar-refractivity contribution in [1.82, 2.24) is 0 Å². The van der Waals surface area contributed by atoms with E-state index in [-0.39, 0.29) is 6.10 Å². The van der Waals surface area contributed by atoms with Crippen molar-refractivity contribution in [2.75, 3.05) is 0 Å². The van der Waals surface area contributed by atoms with E-state index < -0.39 is 0 Å². The van der Waals surface area contributed by atoms with E-state index in [1.165, 1.54) is 12.0 Å². The molecule has 1 aromatic carbocycles. The standard InChI is InChI=1S/C14H17BrO2/c15-10-3-1-9(2-4-10)7-13(16)12-8-11-5-6-14(12)17-11/h1-4,11-14,16H,5-8H2. The molecule has 0 aromatic heterocycles. The molecule has 0 amide bonds. The minimum Gasteiger partial charge on any atom is -0.392 e. The molecule has 2 nitrogen and oxygen atoms in total. The van der Waals surface area contributed by atoms with Crippen molar-refractivity contribution in [3.63, 3.8) is 0 Å². The van der Waals surface area contributed by atoms with Crippen LogP contribution in [0.4, 0.5) is 0 Å². The van der Waals surface area contributed by atoms with Crippen molar-refractivity contribution in [3.8, 4) is 0 Å². The van der Waals surface area contributed by atoms with Crippen LogP contribution in [0.25, 0.3) is 0 Å². The third-order valence-electron chi connectivity index (χ3n) is 4.01. The first-order valence-corrected chi connectivity index (χ1v) is 7.09. The number of hydrogen-bond donors (Lipinski definition) is 1. The molecule has 2 heterocycles. The van der Waals surface area contributed by atoms with E-state index in [1.807, 2.05) is 12.1 Å². The maximum atomic E-state index is 10.3. The van der Waals surface area contributed by atoms with Crippen LogP contribution in [0.3, 0.4) is 0 Å². The van der Waals surface area contributed by atoms with Crippen LogP contribution in [0, 0.1) is 5.92 Å². The summed E-state index contributed by atoms with van der Waals surface area (Å²) in [6.07, 6.45) is 4.58. The minimum atomic E-state index is -0.258. The summed E-state index contributed by atoms with van der Waals surface area (Å²) in [6.45, 7) is 0. The quantitative estimate of drug-likeness (QED) is 0.929. The average Bonchev–Trinajstić information content (AvgIpc) is 2.94. The summed E-state index contributed by atoms with van der Waals surface area (Å²) in [6, 6.07) is 8.20. The summed E-state index contributed by atoms with van der Waals surface area (Å²) in [5, 5.41) is 10.3. The van der Waals surface area contributed by atoms with E-state index in [4.69, 9.17) is 4.74 Å². The van der Waals surface area contributed by atoms with Gasteiger partial charge in [-0.05, 0) is 43.4 Å². The number of fused-ring (bicyclic) bond motifs is 2. The molecule has 92 valence electrons. The summed E-state index contributed by atoms with van der Waals surface area (Å²) in [5.41, 5.74) is 1.20. The first-order chi connectivity index (χ1) is 8.22. The first-order valence-electron chi connectivity index (χ1n) is 6.30. The fourth-order valence-electron chi connectivity index (χ4n) is 3.10. The van der Waals surface area contributed by atoms with Gasteiger partial charge in [-0.1, -0.05) is 28.1 Å². The molecule has 2 fully saturated rings. The predicted molar refractivity (Wildman–Crippen MR) is 69.9 cm³/mol. The van der Waals surface area contributed by atoms with Gasteiger partial charge in [-0.2, -0.15) is 0 Å². The lowest BCUT2D eigenvalue weighted by molar-refractivity contribution is 0.0432. The Labute approximate surface area is 110 Å². The molecule has 2 saturated heterocycles.